The number of amidine groups is 1. The maximum absolute atomic E-state index is 12.8. The van der Waals surface area contributed by atoms with Gasteiger partial charge in [-0.3, -0.25) is 9.79 Å². The van der Waals surface area contributed by atoms with Crippen LogP contribution in [0.4, 0.5) is 13.2 Å². The molecule has 0 bridgehead atoms. The van der Waals surface area contributed by atoms with E-state index in [0.717, 1.165) is 44.5 Å². The Kier molecular flexibility index (Phi) is 9.48. The standard InChI is InChI=1S/C17H19F3N4O.C6H15N3/c1-9(21)16(25)22-12-4-2-3-10(7-12)15-23-13-6-5-11(17(18,19)20)8-14(13)24-15;1-6(7)8-4-5-9(2)3/h5-6,8,10,12H,1-4,7,21H2,(H,22,25)(H,23,24);4-5H2,1-3H3,(H2,7,8). The Hall–Kier alpha value is -3.08. The fourth-order valence-electron chi connectivity index (χ4n) is 3.67. The molecule has 0 saturated heterocycles. The van der Waals surface area contributed by atoms with E-state index in [1.54, 1.807) is 6.92 Å². The molecule has 1 saturated carbocycles. The number of halogens is 3. The van der Waals surface area contributed by atoms with E-state index in [1.165, 1.54) is 6.07 Å². The fraction of sp³-hybridized carbons (Fsp3) is 0.522. The second kappa shape index (κ2) is 11.9. The monoisotopic (exact) mass is 481 g/mol. The number of carbonyl (C=O) groups excluding carboxylic acids is 1. The molecule has 1 aromatic carbocycles. The Bertz CT molecular complexity index is 1010. The zero-order valence-corrected chi connectivity index (χ0v) is 19.9. The summed E-state index contributed by atoms with van der Waals surface area (Å²) < 4.78 is 38.5. The molecule has 1 aliphatic carbocycles. The maximum Gasteiger partial charge on any atom is 0.416 e. The maximum atomic E-state index is 12.8. The Morgan fingerprint density at radius 1 is 1.32 bits per heavy atom. The lowest BCUT2D eigenvalue weighted by atomic mass is 9.85. The summed E-state index contributed by atoms with van der Waals surface area (Å²) >= 11 is 0. The van der Waals surface area contributed by atoms with Gasteiger partial charge in [0.05, 0.1) is 34.7 Å². The molecule has 2 atom stereocenters. The minimum Gasteiger partial charge on any atom is -0.395 e. The average molecular weight is 482 g/mol. The molecule has 1 fully saturated rings. The lowest BCUT2D eigenvalue weighted by Crippen LogP contribution is -2.40. The van der Waals surface area contributed by atoms with Crippen molar-refractivity contribution in [2.45, 2.75) is 50.7 Å². The van der Waals surface area contributed by atoms with E-state index in [2.05, 4.69) is 31.8 Å². The highest BCUT2D eigenvalue weighted by Crippen LogP contribution is 2.34. The third-order valence-corrected chi connectivity index (χ3v) is 5.42. The van der Waals surface area contributed by atoms with Crippen molar-refractivity contribution in [2.75, 3.05) is 27.2 Å². The largest absolute Gasteiger partial charge is 0.416 e. The molecule has 1 aromatic heterocycles. The molecule has 0 spiro atoms. The van der Waals surface area contributed by atoms with Crippen molar-refractivity contribution in [1.29, 1.82) is 0 Å². The topological polar surface area (TPSA) is 125 Å². The van der Waals surface area contributed by atoms with Crippen molar-refractivity contribution < 1.29 is 18.0 Å². The van der Waals surface area contributed by atoms with Gasteiger partial charge in [-0.2, -0.15) is 13.2 Å². The van der Waals surface area contributed by atoms with Crippen molar-refractivity contribution in [3.05, 3.63) is 41.9 Å². The molecule has 2 unspecified atom stereocenters. The molecule has 3 rings (SSSR count). The third kappa shape index (κ3) is 8.36. The number of alkyl halides is 3. The van der Waals surface area contributed by atoms with Crippen molar-refractivity contribution >= 4 is 22.8 Å². The van der Waals surface area contributed by atoms with E-state index in [4.69, 9.17) is 11.5 Å². The lowest BCUT2D eigenvalue weighted by molar-refractivity contribution is -0.137. The third-order valence-electron chi connectivity index (χ3n) is 5.42. The average Bonchev–Trinajstić information content (AvgIpc) is 3.17. The van der Waals surface area contributed by atoms with Crippen LogP contribution >= 0.6 is 0 Å². The number of benzene rings is 1. The number of carbonyl (C=O) groups is 1. The highest BCUT2D eigenvalue weighted by Gasteiger charge is 2.31. The van der Waals surface area contributed by atoms with Crippen molar-refractivity contribution in [2.24, 2.45) is 16.5 Å². The molecule has 0 aliphatic heterocycles. The number of aromatic amines is 1. The predicted octanol–water partition coefficient (Wildman–Crippen LogP) is 3.12. The van der Waals surface area contributed by atoms with Gasteiger partial charge >= 0.3 is 6.18 Å². The van der Waals surface area contributed by atoms with Gasteiger partial charge < -0.3 is 26.7 Å². The summed E-state index contributed by atoms with van der Waals surface area (Å²) in [6.07, 6.45) is -1.15. The minimum atomic E-state index is -4.38. The molecule has 2 aromatic rings. The Morgan fingerprint density at radius 2 is 2.03 bits per heavy atom. The van der Waals surface area contributed by atoms with E-state index in [1.807, 2.05) is 14.1 Å². The van der Waals surface area contributed by atoms with Crippen LogP contribution in [0, 0.1) is 0 Å². The number of amides is 1. The van der Waals surface area contributed by atoms with Crippen LogP contribution in [0.3, 0.4) is 0 Å². The van der Waals surface area contributed by atoms with E-state index in [-0.39, 0.29) is 23.6 Å². The summed E-state index contributed by atoms with van der Waals surface area (Å²) in [7, 11) is 4.03. The molecular weight excluding hydrogens is 447 g/mol. The highest BCUT2D eigenvalue weighted by atomic mass is 19.4. The number of rotatable bonds is 6. The Balaban J connectivity index is 0.000000387. The van der Waals surface area contributed by atoms with E-state index in [0.29, 0.717) is 29.1 Å². The number of hydrogen-bond donors (Lipinski definition) is 4. The molecule has 11 heteroatoms. The number of aliphatic imine (C=N–C) groups is 1. The van der Waals surface area contributed by atoms with Crippen LogP contribution in [-0.4, -0.2) is 59.8 Å². The number of hydrogen-bond acceptors (Lipinski definition) is 5. The van der Waals surface area contributed by atoms with Gasteiger partial charge in [0, 0.05) is 18.5 Å². The molecule has 1 aliphatic rings. The molecule has 1 amide bonds. The van der Waals surface area contributed by atoms with Crippen molar-refractivity contribution in [1.82, 2.24) is 20.2 Å². The molecule has 6 N–H and O–H groups in total. The second-order valence-corrected chi connectivity index (χ2v) is 8.74. The van der Waals surface area contributed by atoms with Crippen LogP contribution in [0.5, 0.6) is 0 Å². The first-order chi connectivity index (χ1) is 15.9. The number of aromatic nitrogens is 2. The smallest absolute Gasteiger partial charge is 0.395 e. The number of imidazole rings is 1. The number of nitrogens with two attached hydrogens (primary N) is 2. The quantitative estimate of drug-likeness (QED) is 0.287. The highest BCUT2D eigenvalue weighted by molar-refractivity contribution is 5.91. The number of nitrogens with one attached hydrogen (secondary N) is 2. The molecular formula is C23H34F3N7O. The van der Waals surface area contributed by atoms with Crippen molar-refractivity contribution in [3.8, 4) is 0 Å². The summed E-state index contributed by atoms with van der Waals surface area (Å²) in [5, 5.41) is 2.83. The van der Waals surface area contributed by atoms with E-state index in [9.17, 15) is 18.0 Å². The summed E-state index contributed by atoms with van der Waals surface area (Å²) in [5.74, 6) is 0.980. The molecule has 0 radical (unpaired) electrons. The van der Waals surface area contributed by atoms with Gasteiger partial charge in [0.25, 0.3) is 5.91 Å². The van der Waals surface area contributed by atoms with Gasteiger partial charge in [0.2, 0.25) is 0 Å². The fourth-order valence-corrected chi connectivity index (χ4v) is 3.67. The first-order valence-electron chi connectivity index (χ1n) is 11.1. The van der Waals surface area contributed by atoms with Crippen LogP contribution in [-0.2, 0) is 11.0 Å². The number of fused-ring (bicyclic) bond motifs is 1. The van der Waals surface area contributed by atoms with Gasteiger partial charge in [0.1, 0.15) is 5.82 Å². The normalized spacial score (nSPS) is 19.0. The number of H-pyrrole nitrogens is 1. The first-order valence-corrected chi connectivity index (χ1v) is 11.1. The van der Waals surface area contributed by atoms with E-state index < -0.39 is 11.7 Å². The Morgan fingerprint density at radius 3 is 2.62 bits per heavy atom. The minimum absolute atomic E-state index is 0.0365. The number of nitrogens with zero attached hydrogens (tertiary/aromatic N) is 3. The first kappa shape index (κ1) is 27.2. The predicted molar refractivity (Wildman–Crippen MR) is 128 cm³/mol. The SMILES string of the molecule is C=C(N)C(=O)NC1CCCC(c2nc3ccc(C(F)(F)F)cc3[nH]2)C1.CC(N)=NCCN(C)C. The van der Waals surface area contributed by atoms with Crippen LogP contribution in [0.2, 0.25) is 0 Å². The number of likely N-dealkylation sites (N-methyl/N-ethyl adjacent to an activating group) is 1. The van der Waals surface area contributed by atoms with Crippen LogP contribution in [0.25, 0.3) is 11.0 Å². The van der Waals surface area contributed by atoms with Crippen LogP contribution in [0.15, 0.2) is 35.5 Å². The lowest BCUT2D eigenvalue weighted by Gasteiger charge is -2.28. The summed E-state index contributed by atoms with van der Waals surface area (Å²) in [6.45, 7) is 6.98. The zero-order chi connectivity index (χ0) is 25.5. The van der Waals surface area contributed by atoms with Gasteiger partial charge in [-0.1, -0.05) is 13.0 Å². The van der Waals surface area contributed by atoms with Crippen molar-refractivity contribution in [3.63, 3.8) is 0 Å². The molecule has 34 heavy (non-hydrogen) atoms. The Labute approximate surface area is 197 Å². The molecule has 1 heterocycles. The van der Waals surface area contributed by atoms with Gasteiger partial charge in [-0.25, -0.2) is 4.98 Å². The van der Waals surface area contributed by atoms with Gasteiger partial charge in [-0.05, 0) is 58.5 Å². The van der Waals surface area contributed by atoms with Crippen LogP contribution < -0.4 is 16.8 Å². The van der Waals surface area contributed by atoms with Crippen LogP contribution in [0.1, 0.15) is 49.9 Å². The second-order valence-electron chi connectivity index (χ2n) is 8.74. The zero-order valence-electron chi connectivity index (χ0n) is 19.9. The van der Waals surface area contributed by atoms with E-state index >= 15 is 0 Å². The summed E-state index contributed by atoms with van der Waals surface area (Å²) in [4.78, 5) is 25.2. The summed E-state index contributed by atoms with van der Waals surface area (Å²) in [5.41, 5.74) is 10.8. The molecule has 8 nitrogen and oxygen atoms in total. The van der Waals surface area contributed by atoms with Gasteiger partial charge in [0.15, 0.2) is 0 Å². The molecule has 188 valence electrons. The van der Waals surface area contributed by atoms with Gasteiger partial charge in [-0.15, -0.1) is 0 Å². The summed E-state index contributed by atoms with van der Waals surface area (Å²) in [6, 6.07) is 3.43.